The molecule has 0 spiro atoms. The van der Waals surface area contributed by atoms with Crippen molar-refractivity contribution in [1.29, 1.82) is 0 Å². The average Bonchev–Trinajstić information content (AvgIpc) is 1.87. The first-order chi connectivity index (χ1) is 3.29. The summed E-state index contributed by atoms with van der Waals surface area (Å²) in [5, 5.41) is 0. The molecule has 1 nitrogen and oxygen atoms in total. The van der Waals surface area contributed by atoms with Crippen LogP contribution < -0.4 is 0 Å². The molecule has 0 amide bonds. The van der Waals surface area contributed by atoms with E-state index in [0.717, 1.165) is 5.75 Å². The summed E-state index contributed by atoms with van der Waals surface area (Å²) in [5.74, 6) is 1.06. The molecule has 0 aromatic rings. The summed E-state index contributed by atoms with van der Waals surface area (Å²) >= 11 is 7.33. The van der Waals surface area contributed by atoms with Crippen LogP contribution in [0.2, 0.25) is 0 Å². The van der Waals surface area contributed by atoms with Crippen molar-refractivity contribution in [2.45, 2.75) is 13.0 Å². The van der Waals surface area contributed by atoms with Gasteiger partial charge in [0, 0.05) is 5.75 Å². The summed E-state index contributed by atoms with van der Waals surface area (Å²) in [4.78, 5) is 0. The number of halogens is 1. The van der Waals surface area contributed by atoms with Crippen LogP contribution in [0.4, 0.5) is 0 Å². The number of hydrogen-bond acceptors (Lipinski definition) is 2. The van der Waals surface area contributed by atoms with E-state index in [-0.39, 0.29) is 0 Å². The van der Waals surface area contributed by atoms with Gasteiger partial charge >= 0.3 is 0 Å². The highest BCUT2D eigenvalue weighted by Gasteiger charge is 2.19. The largest absolute Gasteiger partial charge is 0.331 e. The molecule has 1 heterocycles. The summed E-state index contributed by atoms with van der Waals surface area (Å²) in [7, 11) is 0. The average molecular weight is 157 g/mol. The highest BCUT2D eigenvalue weighted by Crippen LogP contribution is 2.61. The zero-order chi connectivity index (χ0) is 5.28. The van der Waals surface area contributed by atoms with Crippen LogP contribution in [0.1, 0.15) is 6.92 Å². The molecule has 0 saturated carbocycles. The van der Waals surface area contributed by atoms with Gasteiger partial charge in [-0.15, -0.1) is 0 Å². The van der Waals surface area contributed by atoms with Crippen LogP contribution in [0.5, 0.6) is 0 Å². The molecule has 1 aliphatic heterocycles. The minimum atomic E-state index is -0.615. The first-order valence-electron chi connectivity index (χ1n) is 2.04. The van der Waals surface area contributed by atoms with Crippen molar-refractivity contribution in [2.75, 3.05) is 5.75 Å². The SMILES string of the molecule is C[C@H]1CS[P@@](Cl)O1. The second kappa shape index (κ2) is 2.54. The first kappa shape index (κ1) is 6.15. The van der Waals surface area contributed by atoms with Gasteiger partial charge in [0.05, 0.1) is 6.10 Å². The van der Waals surface area contributed by atoms with E-state index in [1.54, 1.807) is 11.4 Å². The van der Waals surface area contributed by atoms with Gasteiger partial charge in [0.1, 0.15) is 0 Å². The minimum Gasteiger partial charge on any atom is -0.331 e. The maximum absolute atomic E-state index is 5.61. The Morgan fingerprint density at radius 1 is 2.00 bits per heavy atom. The fourth-order valence-corrected chi connectivity index (χ4v) is 3.80. The molecule has 0 bridgehead atoms. The summed E-state index contributed by atoms with van der Waals surface area (Å²) in [6.07, 6.45) is 0.383. The van der Waals surface area contributed by atoms with E-state index in [1.165, 1.54) is 0 Å². The molecule has 0 N–H and O–H groups in total. The Hall–Kier alpha value is 1.03. The fourth-order valence-electron chi connectivity index (χ4n) is 0.366. The van der Waals surface area contributed by atoms with Crippen LogP contribution in [0, 0.1) is 0 Å². The summed E-state index contributed by atoms with van der Waals surface area (Å²) in [6.45, 7) is 1.42. The summed E-state index contributed by atoms with van der Waals surface area (Å²) in [5.41, 5.74) is 0. The van der Waals surface area contributed by atoms with Crippen LogP contribution in [0.25, 0.3) is 0 Å². The molecule has 0 aromatic carbocycles. The zero-order valence-corrected chi connectivity index (χ0v) is 6.39. The molecule has 0 radical (unpaired) electrons. The molecule has 0 aromatic heterocycles. The van der Waals surface area contributed by atoms with Crippen LogP contribution >= 0.6 is 29.3 Å². The van der Waals surface area contributed by atoms with E-state index >= 15 is 0 Å². The predicted molar refractivity (Wildman–Crippen MR) is 35.8 cm³/mol. The van der Waals surface area contributed by atoms with Crippen molar-refractivity contribution in [3.05, 3.63) is 0 Å². The monoisotopic (exact) mass is 156 g/mol. The van der Waals surface area contributed by atoms with Gasteiger partial charge in [-0.1, -0.05) is 22.6 Å². The van der Waals surface area contributed by atoms with E-state index in [2.05, 4.69) is 0 Å². The van der Waals surface area contributed by atoms with Gasteiger partial charge in [-0.25, -0.2) is 0 Å². The van der Waals surface area contributed by atoms with Crippen LogP contribution in [0.3, 0.4) is 0 Å². The molecule has 1 saturated heterocycles. The Morgan fingerprint density at radius 2 is 2.71 bits per heavy atom. The maximum Gasteiger partial charge on any atom is 0.188 e. The Kier molecular flexibility index (Phi) is 2.23. The van der Waals surface area contributed by atoms with Gasteiger partial charge in [-0.3, -0.25) is 0 Å². The van der Waals surface area contributed by atoms with E-state index in [4.69, 9.17) is 15.8 Å². The molecule has 0 aliphatic carbocycles. The lowest BCUT2D eigenvalue weighted by Crippen LogP contribution is -1.97. The highest BCUT2D eigenvalue weighted by molar-refractivity contribution is 8.61. The normalized spacial score (nSPS) is 42.0. The third-order valence-corrected chi connectivity index (χ3v) is 4.45. The van der Waals surface area contributed by atoms with Crippen molar-refractivity contribution >= 4 is 29.3 Å². The second-order valence-electron chi connectivity index (χ2n) is 1.42. The molecule has 1 rings (SSSR count). The predicted octanol–water partition coefficient (Wildman–Crippen LogP) is 2.60. The molecular formula is C3H6ClOPS. The van der Waals surface area contributed by atoms with Crippen LogP contribution in [0.15, 0.2) is 0 Å². The van der Waals surface area contributed by atoms with Crippen LogP contribution in [-0.4, -0.2) is 11.9 Å². The molecule has 4 heteroatoms. The fraction of sp³-hybridized carbons (Fsp3) is 1.00. The standard InChI is InChI=1S/C3H6ClOPS/c1-3-2-7-6(4)5-3/h3H,2H2,1H3/t3-,6-/m0/s1. The Morgan fingerprint density at radius 3 is 2.86 bits per heavy atom. The van der Waals surface area contributed by atoms with Gasteiger partial charge < -0.3 is 4.52 Å². The van der Waals surface area contributed by atoms with Crippen molar-refractivity contribution in [1.82, 2.24) is 0 Å². The highest BCUT2D eigenvalue weighted by atomic mass is 35.7. The second-order valence-corrected chi connectivity index (χ2v) is 5.94. The quantitative estimate of drug-likeness (QED) is 0.499. The molecule has 42 valence electrons. The van der Waals surface area contributed by atoms with Gasteiger partial charge in [0.15, 0.2) is 6.70 Å². The molecule has 0 unspecified atom stereocenters. The first-order valence-corrected chi connectivity index (χ1v) is 5.80. The topological polar surface area (TPSA) is 9.23 Å². The molecular weight excluding hydrogens is 151 g/mol. The lowest BCUT2D eigenvalue weighted by atomic mass is 10.5. The van der Waals surface area contributed by atoms with E-state index < -0.39 is 6.70 Å². The molecule has 1 aliphatic rings. The van der Waals surface area contributed by atoms with E-state index in [0.29, 0.717) is 6.10 Å². The third kappa shape index (κ3) is 1.77. The molecule has 1 fully saturated rings. The van der Waals surface area contributed by atoms with Crippen LogP contribution in [-0.2, 0) is 4.52 Å². The Bertz CT molecular complexity index is 64.0. The van der Waals surface area contributed by atoms with Gasteiger partial charge in [0.2, 0.25) is 0 Å². The smallest absolute Gasteiger partial charge is 0.188 e. The lowest BCUT2D eigenvalue weighted by Gasteiger charge is -1.96. The summed E-state index contributed by atoms with van der Waals surface area (Å²) < 4.78 is 5.15. The Labute approximate surface area is 53.1 Å². The van der Waals surface area contributed by atoms with Gasteiger partial charge in [-0.05, 0) is 6.92 Å². The zero-order valence-electron chi connectivity index (χ0n) is 3.93. The van der Waals surface area contributed by atoms with Crippen molar-refractivity contribution in [2.24, 2.45) is 0 Å². The third-order valence-electron chi connectivity index (χ3n) is 0.674. The van der Waals surface area contributed by atoms with E-state index in [9.17, 15) is 0 Å². The maximum atomic E-state index is 5.61. The van der Waals surface area contributed by atoms with Crippen molar-refractivity contribution < 1.29 is 4.52 Å². The summed E-state index contributed by atoms with van der Waals surface area (Å²) in [6, 6.07) is 0. The van der Waals surface area contributed by atoms with Crippen molar-refractivity contribution in [3.8, 4) is 0 Å². The minimum absolute atomic E-state index is 0.383. The molecule has 7 heavy (non-hydrogen) atoms. The number of rotatable bonds is 0. The van der Waals surface area contributed by atoms with Gasteiger partial charge in [-0.2, -0.15) is 0 Å². The van der Waals surface area contributed by atoms with Gasteiger partial charge in [0.25, 0.3) is 0 Å². The van der Waals surface area contributed by atoms with Crippen molar-refractivity contribution in [3.63, 3.8) is 0 Å². The molecule has 2 atom stereocenters. The number of hydrogen-bond donors (Lipinski definition) is 0. The van der Waals surface area contributed by atoms with E-state index in [1.807, 2.05) is 6.92 Å². The lowest BCUT2D eigenvalue weighted by molar-refractivity contribution is 0.295. The Balaban J connectivity index is 2.26.